The fourth-order valence-corrected chi connectivity index (χ4v) is 3.30. The lowest BCUT2D eigenvalue weighted by Gasteiger charge is -2.08. The second-order valence-electron chi connectivity index (χ2n) is 6.49. The van der Waals surface area contributed by atoms with Crippen molar-refractivity contribution >= 4 is 22.5 Å². The molecule has 0 saturated carbocycles. The maximum Gasteiger partial charge on any atom is 0.258 e. The van der Waals surface area contributed by atoms with Crippen molar-refractivity contribution in [2.75, 3.05) is 0 Å². The normalized spacial score (nSPS) is 11.6. The third-order valence-corrected chi connectivity index (χ3v) is 4.68. The summed E-state index contributed by atoms with van der Waals surface area (Å²) in [7, 11) is 0. The second-order valence-corrected chi connectivity index (χ2v) is 6.90. The van der Waals surface area contributed by atoms with Gasteiger partial charge in [-0.15, -0.1) is 0 Å². The second kappa shape index (κ2) is 6.59. The van der Waals surface area contributed by atoms with E-state index in [-0.39, 0.29) is 6.61 Å². The molecule has 132 valence electrons. The first-order valence-corrected chi connectivity index (χ1v) is 8.79. The minimum absolute atomic E-state index is 0.0272. The van der Waals surface area contributed by atoms with Crippen LogP contribution in [0, 0.1) is 0 Å². The van der Waals surface area contributed by atoms with Gasteiger partial charge in [-0.3, -0.25) is 0 Å². The first kappa shape index (κ1) is 16.8. The van der Waals surface area contributed by atoms with Crippen LogP contribution in [-0.2, 0) is 6.61 Å². The van der Waals surface area contributed by atoms with Gasteiger partial charge in [0, 0.05) is 34.3 Å². The van der Waals surface area contributed by atoms with Crippen molar-refractivity contribution in [2.24, 2.45) is 0 Å². The number of aliphatic hydroxyl groups excluding tert-OH is 1. The molecule has 0 radical (unpaired) electrons. The summed E-state index contributed by atoms with van der Waals surface area (Å²) in [5.41, 5.74) is 3.50. The molecule has 26 heavy (non-hydrogen) atoms. The Bertz CT molecular complexity index is 1080. The van der Waals surface area contributed by atoms with Gasteiger partial charge in [0.1, 0.15) is 0 Å². The highest BCUT2D eigenvalue weighted by Gasteiger charge is 2.15. The lowest BCUT2D eigenvalue weighted by atomic mass is 10.1. The Labute approximate surface area is 155 Å². The molecule has 2 aromatic heterocycles. The lowest BCUT2D eigenvalue weighted by Crippen LogP contribution is -1.97. The van der Waals surface area contributed by atoms with Gasteiger partial charge in [0.05, 0.1) is 11.6 Å². The molecule has 2 aromatic carbocycles. The number of hydrogen-bond donors (Lipinski definition) is 1. The molecule has 0 aliphatic carbocycles. The number of fused-ring (bicyclic) bond motifs is 1. The number of rotatable bonds is 4. The number of aromatic nitrogens is 3. The van der Waals surface area contributed by atoms with Gasteiger partial charge in [-0.1, -0.05) is 35.0 Å². The molecular formula is C20H18ClN3O2. The average molecular weight is 368 g/mol. The molecule has 0 spiro atoms. The Kier molecular flexibility index (Phi) is 4.26. The molecule has 0 saturated heterocycles. The molecule has 0 fully saturated rings. The van der Waals surface area contributed by atoms with Gasteiger partial charge >= 0.3 is 0 Å². The van der Waals surface area contributed by atoms with Crippen LogP contribution < -0.4 is 0 Å². The van der Waals surface area contributed by atoms with Crippen LogP contribution in [-0.4, -0.2) is 19.8 Å². The molecule has 0 aliphatic heterocycles. The van der Waals surface area contributed by atoms with E-state index in [0.717, 1.165) is 27.6 Å². The highest BCUT2D eigenvalue weighted by molar-refractivity contribution is 6.35. The third kappa shape index (κ3) is 2.89. The number of nitrogens with zero attached hydrogens (tertiary/aromatic N) is 3. The first-order chi connectivity index (χ1) is 12.6. The molecule has 0 amide bonds. The number of aliphatic hydroxyl groups is 1. The molecule has 2 heterocycles. The van der Waals surface area contributed by atoms with E-state index < -0.39 is 0 Å². The van der Waals surface area contributed by atoms with E-state index in [4.69, 9.17) is 16.1 Å². The van der Waals surface area contributed by atoms with Crippen LogP contribution in [0.15, 0.2) is 53.2 Å². The summed E-state index contributed by atoms with van der Waals surface area (Å²) in [5.74, 6) is 0.922. The van der Waals surface area contributed by atoms with E-state index in [1.54, 1.807) is 0 Å². The molecule has 1 N–H and O–H groups in total. The van der Waals surface area contributed by atoms with E-state index in [1.807, 2.05) is 48.7 Å². The predicted molar refractivity (Wildman–Crippen MR) is 102 cm³/mol. The van der Waals surface area contributed by atoms with Crippen LogP contribution in [0.3, 0.4) is 0 Å². The van der Waals surface area contributed by atoms with Crippen LogP contribution in [0.2, 0.25) is 5.02 Å². The maximum atomic E-state index is 9.28. The summed E-state index contributed by atoms with van der Waals surface area (Å²) in [6.45, 7) is 4.21. The largest absolute Gasteiger partial charge is 0.392 e. The predicted octanol–water partition coefficient (Wildman–Crippen LogP) is 5.08. The van der Waals surface area contributed by atoms with E-state index in [2.05, 4.69) is 28.6 Å². The molecule has 6 heteroatoms. The van der Waals surface area contributed by atoms with Gasteiger partial charge in [-0.2, -0.15) is 4.98 Å². The molecule has 4 aromatic rings. The Hall–Kier alpha value is -2.63. The van der Waals surface area contributed by atoms with Crippen LogP contribution in [0.4, 0.5) is 0 Å². The summed E-state index contributed by atoms with van der Waals surface area (Å²) in [6, 6.07) is 13.7. The highest BCUT2D eigenvalue weighted by Crippen LogP contribution is 2.32. The zero-order chi connectivity index (χ0) is 18.3. The average Bonchev–Trinajstić information content (AvgIpc) is 3.27. The summed E-state index contributed by atoms with van der Waals surface area (Å²) < 4.78 is 7.59. The number of halogens is 1. The molecular weight excluding hydrogens is 350 g/mol. The maximum absolute atomic E-state index is 9.28. The Balaban J connectivity index is 1.74. The Morgan fingerprint density at radius 2 is 2.00 bits per heavy atom. The van der Waals surface area contributed by atoms with Crippen molar-refractivity contribution in [1.29, 1.82) is 0 Å². The molecule has 0 atom stereocenters. The zero-order valence-corrected chi connectivity index (χ0v) is 15.2. The van der Waals surface area contributed by atoms with Crippen molar-refractivity contribution in [3.05, 3.63) is 59.2 Å². The van der Waals surface area contributed by atoms with Gasteiger partial charge in [0.25, 0.3) is 5.89 Å². The van der Waals surface area contributed by atoms with E-state index in [1.165, 1.54) is 0 Å². The molecule has 0 bridgehead atoms. The van der Waals surface area contributed by atoms with Crippen molar-refractivity contribution in [3.8, 4) is 22.8 Å². The van der Waals surface area contributed by atoms with Crippen LogP contribution in [0.5, 0.6) is 0 Å². The summed E-state index contributed by atoms with van der Waals surface area (Å²) >= 11 is 6.40. The van der Waals surface area contributed by atoms with Gasteiger partial charge in [0.2, 0.25) is 5.82 Å². The van der Waals surface area contributed by atoms with Gasteiger partial charge in [-0.05, 0) is 43.7 Å². The topological polar surface area (TPSA) is 64.1 Å². The van der Waals surface area contributed by atoms with Crippen molar-refractivity contribution in [3.63, 3.8) is 0 Å². The standard InChI is InChI=1S/C20H18ClN3O2/c1-12(2)24-10-17(21)16-9-15(6-7-18(16)24)20-22-19(23-26-20)14-5-3-4-13(8-14)11-25/h3-10,12,25H,11H2,1-2H3. The smallest absolute Gasteiger partial charge is 0.258 e. The van der Waals surface area contributed by atoms with Crippen LogP contribution in [0.1, 0.15) is 25.5 Å². The molecule has 0 unspecified atom stereocenters. The SMILES string of the molecule is CC(C)n1cc(Cl)c2cc(-c3nc(-c4cccc(CO)c4)no3)ccc21. The monoisotopic (exact) mass is 367 g/mol. The minimum Gasteiger partial charge on any atom is -0.392 e. The fourth-order valence-electron chi connectivity index (χ4n) is 3.04. The van der Waals surface area contributed by atoms with Crippen molar-refractivity contribution < 1.29 is 9.63 Å². The number of benzene rings is 2. The van der Waals surface area contributed by atoms with E-state index in [9.17, 15) is 5.11 Å². The van der Waals surface area contributed by atoms with Crippen LogP contribution >= 0.6 is 11.6 Å². The highest BCUT2D eigenvalue weighted by atomic mass is 35.5. The Morgan fingerprint density at radius 1 is 1.15 bits per heavy atom. The van der Waals surface area contributed by atoms with E-state index >= 15 is 0 Å². The number of hydrogen-bond acceptors (Lipinski definition) is 4. The molecule has 4 rings (SSSR count). The molecule has 0 aliphatic rings. The summed E-state index contributed by atoms with van der Waals surface area (Å²) in [4.78, 5) is 4.50. The Morgan fingerprint density at radius 3 is 2.77 bits per heavy atom. The fraction of sp³-hybridized carbons (Fsp3) is 0.200. The summed E-state index contributed by atoms with van der Waals surface area (Å²) in [6.07, 6.45) is 1.94. The first-order valence-electron chi connectivity index (χ1n) is 8.41. The van der Waals surface area contributed by atoms with Crippen LogP contribution in [0.25, 0.3) is 33.7 Å². The van der Waals surface area contributed by atoms with Gasteiger partial charge in [0.15, 0.2) is 0 Å². The van der Waals surface area contributed by atoms with Crippen molar-refractivity contribution in [2.45, 2.75) is 26.5 Å². The van der Waals surface area contributed by atoms with Gasteiger partial charge < -0.3 is 14.2 Å². The molecule has 5 nitrogen and oxygen atoms in total. The van der Waals surface area contributed by atoms with Crippen molar-refractivity contribution in [1.82, 2.24) is 14.7 Å². The van der Waals surface area contributed by atoms with E-state index in [0.29, 0.717) is 22.8 Å². The quantitative estimate of drug-likeness (QED) is 0.546. The minimum atomic E-state index is -0.0272. The lowest BCUT2D eigenvalue weighted by molar-refractivity contribution is 0.282. The summed E-state index contributed by atoms with van der Waals surface area (Å²) in [5, 5.41) is 15.0. The third-order valence-electron chi connectivity index (χ3n) is 4.38. The zero-order valence-electron chi connectivity index (χ0n) is 14.5. The van der Waals surface area contributed by atoms with Gasteiger partial charge in [-0.25, -0.2) is 0 Å².